The molecule has 0 spiro atoms. The molecule has 4 rings (SSSR count). The van der Waals surface area contributed by atoms with Crippen LogP contribution in [0.3, 0.4) is 0 Å². The van der Waals surface area contributed by atoms with Gasteiger partial charge in [0.05, 0.1) is 24.4 Å². The highest BCUT2D eigenvalue weighted by Gasteiger charge is 2.46. The first kappa shape index (κ1) is 26.7. The quantitative estimate of drug-likeness (QED) is 0.499. The highest BCUT2D eigenvalue weighted by atomic mass is 19.1. The molecule has 7 heteroatoms. The Morgan fingerprint density at radius 3 is 2.33 bits per heavy atom. The van der Waals surface area contributed by atoms with Crippen LogP contribution in [-0.2, 0) is 26.9 Å². The molecule has 2 heterocycles. The van der Waals surface area contributed by atoms with Crippen LogP contribution in [0.1, 0.15) is 70.1 Å². The second kappa shape index (κ2) is 10.6. The summed E-state index contributed by atoms with van der Waals surface area (Å²) in [5, 5.41) is 17.6. The fraction of sp³-hybridized carbons (Fsp3) is 0.552. The number of benzene rings is 2. The van der Waals surface area contributed by atoms with Gasteiger partial charge >= 0.3 is 0 Å². The molecule has 4 unspecified atom stereocenters. The normalized spacial score (nSPS) is 25.4. The van der Waals surface area contributed by atoms with Crippen molar-refractivity contribution < 1.29 is 23.4 Å². The summed E-state index contributed by atoms with van der Waals surface area (Å²) < 4.78 is 33.7. The van der Waals surface area contributed by atoms with E-state index in [9.17, 15) is 18.7 Å². The Kier molecular flexibility index (Phi) is 7.83. The lowest BCUT2D eigenvalue weighted by Crippen LogP contribution is -2.55. The Bertz CT molecular complexity index is 1050. The average molecular weight is 501 g/mol. The number of carbonyl (C=O) groups excluding carboxylic acids is 1. The van der Waals surface area contributed by atoms with Gasteiger partial charge in [0.15, 0.2) is 0 Å². The largest absolute Gasteiger partial charge is 0.390 e. The second-order valence-corrected chi connectivity index (χ2v) is 11.5. The van der Waals surface area contributed by atoms with E-state index in [1.807, 2.05) is 0 Å². The number of rotatable bonds is 8. The summed E-state index contributed by atoms with van der Waals surface area (Å²) in [6, 6.07) is 11.2. The number of halogens is 2. The number of hydrogen-bond acceptors (Lipinski definition) is 4. The van der Waals surface area contributed by atoms with Crippen LogP contribution in [0.5, 0.6) is 0 Å². The fourth-order valence-electron chi connectivity index (χ4n) is 5.68. The van der Waals surface area contributed by atoms with Gasteiger partial charge in [-0.25, -0.2) is 8.78 Å². The van der Waals surface area contributed by atoms with Crippen LogP contribution < -0.4 is 10.6 Å². The van der Waals surface area contributed by atoms with Gasteiger partial charge in [0.2, 0.25) is 5.91 Å². The zero-order chi connectivity index (χ0) is 26.1. The van der Waals surface area contributed by atoms with Crippen molar-refractivity contribution in [3.63, 3.8) is 0 Å². The number of hydrogen-bond donors (Lipinski definition) is 3. The number of carbonyl (C=O) groups is 1. The predicted octanol–water partition coefficient (Wildman–Crippen LogP) is 4.50. The molecule has 2 bridgehead atoms. The summed E-state index contributed by atoms with van der Waals surface area (Å²) in [4.78, 5) is 11.9. The van der Waals surface area contributed by atoms with E-state index in [1.54, 1.807) is 0 Å². The summed E-state index contributed by atoms with van der Waals surface area (Å²) in [5.41, 5.74) is 2.41. The van der Waals surface area contributed by atoms with Gasteiger partial charge < -0.3 is 20.5 Å². The van der Waals surface area contributed by atoms with Gasteiger partial charge in [-0.1, -0.05) is 45.0 Å². The van der Waals surface area contributed by atoms with Crippen LogP contribution in [0.2, 0.25) is 0 Å². The molecule has 4 atom stereocenters. The minimum absolute atomic E-state index is 0.00238. The Hall–Kier alpha value is -2.35. The molecule has 2 aromatic rings. The summed E-state index contributed by atoms with van der Waals surface area (Å²) >= 11 is 0. The monoisotopic (exact) mass is 500 g/mol. The lowest BCUT2D eigenvalue weighted by atomic mass is 9.77. The molecular weight excluding hydrogens is 462 g/mol. The molecule has 0 aliphatic carbocycles. The maximum absolute atomic E-state index is 13.8. The van der Waals surface area contributed by atoms with Crippen molar-refractivity contribution in [2.75, 3.05) is 6.54 Å². The molecule has 5 nitrogen and oxygen atoms in total. The van der Waals surface area contributed by atoms with E-state index in [1.165, 1.54) is 30.2 Å². The molecule has 1 amide bonds. The molecule has 2 fully saturated rings. The van der Waals surface area contributed by atoms with Crippen molar-refractivity contribution in [3.05, 3.63) is 70.8 Å². The Balaban J connectivity index is 1.57. The first-order valence-electron chi connectivity index (χ1n) is 12.9. The number of fused-ring (bicyclic) bond motifs is 2. The highest BCUT2D eigenvalue weighted by molar-refractivity contribution is 5.73. The zero-order valence-corrected chi connectivity index (χ0v) is 21.6. The topological polar surface area (TPSA) is 70.6 Å². The van der Waals surface area contributed by atoms with Gasteiger partial charge in [-0.05, 0) is 66.3 Å². The van der Waals surface area contributed by atoms with E-state index in [0.717, 1.165) is 31.7 Å². The molecule has 0 radical (unpaired) electrons. The van der Waals surface area contributed by atoms with Crippen molar-refractivity contribution in [3.8, 4) is 0 Å². The summed E-state index contributed by atoms with van der Waals surface area (Å²) in [6.45, 7) is 8.15. The minimum Gasteiger partial charge on any atom is -0.390 e. The molecule has 2 aromatic carbocycles. The summed E-state index contributed by atoms with van der Waals surface area (Å²) in [5.74, 6) is -1.68. The minimum atomic E-state index is -0.969. The highest BCUT2D eigenvalue weighted by Crippen LogP contribution is 2.44. The van der Waals surface area contributed by atoms with E-state index in [0.29, 0.717) is 5.56 Å². The molecule has 2 aliphatic heterocycles. The first-order chi connectivity index (χ1) is 16.9. The van der Waals surface area contributed by atoms with Gasteiger partial charge in [-0.3, -0.25) is 4.79 Å². The van der Waals surface area contributed by atoms with Gasteiger partial charge in [0.25, 0.3) is 0 Å². The number of amides is 1. The second-order valence-electron chi connectivity index (χ2n) is 11.5. The van der Waals surface area contributed by atoms with E-state index < -0.39 is 23.8 Å². The smallest absolute Gasteiger partial charge is 0.217 e. The maximum Gasteiger partial charge on any atom is 0.217 e. The number of aliphatic hydroxyl groups excluding tert-OH is 1. The number of ether oxygens (including phenoxy) is 1. The number of nitrogens with one attached hydrogen (secondary N) is 2. The van der Waals surface area contributed by atoms with Gasteiger partial charge in [0.1, 0.15) is 11.6 Å². The lowest BCUT2D eigenvalue weighted by molar-refractivity contribution is -0.120. The van der Waals surface area contributed by atoms with Crippen molar-refractivity contribution in [1.82, 2.24) is 10.6 Å². The van der Waals surface area contributed by atoms with Crippen LogP contribution in [0.4, 0.5) is 8.78 Å². The third-order valence-corrected chi connectivity index (χ3v) is 7.51. The van der Waals surface area contributed by atoms with E-state index in [4.69, 9.17) is 4.74 Å². The molecule has 0 saturated carbocycles. The average Bonchev–Trinajstić information content (AvgIpc) is 3.14. The number of aliphatic hydroxyl groups is 1. The van der Waals surface area contributed by atoms with Gasteiger partial charge in [-0.15, -0.1) is 0 Å². The van der Waals surface area contributed by atoms with E-state index in [2.05, 4.69) is 55.7 Å². The molecule has 3 N–H and O–H groups in total. The van der Waals surface area contributed by atoms with Crippen LogP contribution in [0.25, 0.3) is 0 Å². The van der Waals surface area contributed by atoms with Crippen LogP contribution >= 0.6 is 0 Å². The van der Waals surface area contributed by atoms with Crippen molar-refractivity contribution >= 4 is 5.91 Å². The van der Waals surface area contributed by atoms with Crippen LogP contribution in [0.15, 0.2) is 42.5 Å². The predicted molar refractivity (Wildman–Crippen MR) is 136 cm³/mol. The maximum atomic E-state index is 13.8. The van der Waals surface area contributed by atoms with Gasteiger partial charge in [0, 0.05) is 25.1 Å². The van der Waals surface area contributed by atoms with Crippen LogP contribution in [-0.4, -0.2) is 41.9 Å². The molecule has 2 aliphatic rings. The molecule has 2 saturated heterocycles. The summed E-state index contributed by atoms with van der Waals surface area (Å²) in [7, 11) is 0. The molecular formula is C29H38F2N2O3. The molecule has 196 valence electrons. The van der Waals surface area contributed by atoms with Crippen LogP contribution in [0, 0.1) is 11.6 Å². The zero-order valence-electron chi connectivity index (χ0n) is 21.6. The SMILES string of the molecule is CC(=O)NC(Cc1cc(F)cc(F)c1)C(O)CNC1(c2cccc(C(C)(C)C)c2)CC2CCC(C1)O2. The Morgan fingerprint density at radius 2 is 1.75 bits per heavy atom. The summed E-state index contributed by atoms with van der Waals surface area (Å²) in [6.07, 6.45) is 3.10. The lowest BCUT2D eigenvalue weighted by Gasteiger charge is -2.43. The Morgan fingerprint density at radius 1 is 1.11 bits per heavy atom. The van der Waals surface area contributed by atoms with E-state index >= 15 is 0 Å². The van der Waals surface area contributed by atoms with Crippen molar-refractivity contribution in [2.24, 2.45) is 0 Å². The molecule has 36 heavy (non-hydrogen) atoms. The van der Waals surface area contributed by atoms with Crippen molar-refractivity contribution in [1.29, 1.82) is 0 Å². The first-order valence-corrected chi connectivity index (χ1v) is 12.9. The standard InChI is InChI=1S/C29H38F2N2O3/c1-18(34)33-26(12-19-10-22(30)14-23(31)11-19)27(35)17-32-29(15-24-8-9-25(16-29)36-24)21-7-5-6-20(13-21)28(2,3)4/h5-7,10-11,13-14,24-27,32,35H,8-9,12,15-17H2,1-4H3,(H,33,34). The van der Waals surface area contributed by atoms with Gasteiger partial charge in [-0.2, -0.15) is 0 Å². The fourth-order valence-corrected chi connectivity index (χ4v) is 5.68. The third-order valence-electron chi connectivity index (χ3n) is 7.51. The van der Waals surface area contributed by atoms with Crippen molar-refractivity contribution in [2.45, 2.75) is 95.1 Å². The van der Waals surface area contributed by atoms with E-state index in [-0.39, 0.29) is 42.0 Å². The molecule has 0 aromatic heterocycles. The third kappa shape index (κ3) is 6.31. The Labute approximate surface area is 212 Å².